The zero-order valence-corrected chi connectivity index (χ0v) is 19.0. The quantitative estimate of drug-likeness (QED) is 0.415. The van der Waals surface area contributed by atoms with Gasteiger partial charge in [0.2, 0.25) is 5.91 Å². The summed E-state index contributed by atoms with van der Waals surface area (Å²) in [5.41, 5.74) is 1.33. The first-order valence-corrected chi connectivity index (χ1v) is 11.1. The van der Waals surface area contributed by atoms with Crippen LogP contribution in [0.2, 0.25) is 5.02 Å². The molecule has 162 valence electrons. The summed E-state index contributed by atoms with van der Waals surface area (Å²) in [5, 5.41) is 6.73. The highest BCUT2D eigenvalue weighted by atomic mass is 35.5. The van der Waals surface area contributed by atoms with Gasteiger partial charge in [-0.2, -0.15) is 0 Å². The number of rotatable bonds is 7. The zero-order valence-electron chi connectivity index (χ0n) is 17.4. The normalized spacial score (nSPS) is 11.0. The second-order valence-corrected chi connectivity index (χ2v) is 8.74. The molecule has 9 heteroatoms. The van der Waals surface area contributed by atoms with E-state index in [4.69, 9.17) is 11.6 Å². The van der Waals surface area contributed by atoms with Crippen molar-refractivity contribution in [2.45, 2.75) is 25.5 Å². The van der Waals surface area contributed by atoms with Crippen molar-refractivity contribution in [1.82, 2.24) is 14.9 Å². The average Bonchev–Trinajstić information content (AvgIpc) is 2.74. The van der Waals surface area contributed by atoms with Crippen molar-refractivity contribution in [3.8, 4) is 0 Å². The lowest BCUT2D eigenvalue weighted by Crippen LogP contribution is -2.26. The zero-order chi connectivity index (χ0) is 22.5. The number of fused-ring (bicyclic) bond motifs is 1. The van der Waals surface area contributed by atoms with E-state index in [0.717, 1.165) is 0 Å². The number of carbonyl (C=O) groups excluding carboxylic acids is 2. The van der Waals surface area contributed by atoms with Gasteiger partial charge in [0.15, 0.2) is 5.16 Å². The molecule has 0 saturated heterocycles. The van der Waals surface area contributed by atoms with Gasteiger partial charge >= 0.3 is 0 Å². The highest BCUT2D eigenvalue weighted by Crippen LogP contribution is 2.21. The minimum absolute atomic E-state index is 0.0633. The molecule has 0 atom stereocenters. The van der Waals surface area contributed by atoms with Gasteiger partial charge in [-0.15, -0.1) is 0 Å². The molecule has 2 N–H and O–H groups in total. The first-order valence-electron chi connectivity index (χ1n) is 9.73. The lowest BCUT2D eigenvalue weighted by molar-refractivity contribution is -0.113. The van der Waals surface area contributed by atoms with Crippen LogP contribution in [0.3, 0.4) is 0 Å². The Morgan fingerprint density at radius 1 is 1.19 bits per heavy atom. The molecule has 0 fully saturated rings. The molecule has 0 saturated carbocycles. The Kier molecular flexibility index (Phi) is 7.35. The standard InChI is InChI=1S/C22H23ClN4O3S/c1-13(2)11-27-21(30)17-10-15(23)7-8-18(17)26-22(27)31-12-19(28)25-16-6-4-5-14(9-16)20(29)24-3/h4-10,13H,11-12H2,1-3H3,(H,24,29)(H,25,28). The Morgan fingerprint density at radius 2 is 1.97 bits per heavy atom. The second-order valence-electron chi connectivity index (χ2n) is 7.36. The van der Waals surface area contributed by atoms with Crippen molar-refractivity contribution in [2.75, 3.05) is 18.1 Å². The fraction of sp³-hybridized carbons (Fsp3) is 0.273. The number of nitrogens with one attached hydrogen (secondary N) is 2. The molecule has 1 aromatic heterocycles. The molecule has 1 heterocycles. The highest BCUT2D eigenvalue weighted by Gasteiger charge is 2.15. The molecule has 0 aliphatic carbocycles. The van der Waals surface area contributed by atoms with Crippen molar-refractivity contribution in [3.05, 3.63) is 63.4 Å². The number of benzene rings is 2. The summed E-state index contributed by atoms with van der Waals surface area (Å²) in [6, 6.07) is 11.7. The molecule has 3 aromatic rings. The van der Waals surface area contributed by atoms with Gasteiger partial charge < -0.3 is 10.6 Å². The second kappa shape index (κ2) is 9.98. The van der Waals surface area contributed by atoms with E-state index in [-0.39, 0.29) is 29.0 Å². The lowest BCUT2D eigenvalue weighted by atomic mass is 10.2. The largest absolute Gasteiger partial charge is 0.355 e. The van der Waals surface area contributed by atoms with Gasteiger partial charge in [0.25, 0.3) is 11.5 Å². The number of anilines is 1. The van der Waals surface area contributed by atoms with Gasteiger partial charge in [0.1, 0.15) is 0 Å². The van der Waals surface area contributed by atoms with Crippen molar-refractivity contribution < 1.29 is 9.59 Å². The third kappa shape index (κ3) is 5.65. The molecule has 3 rings (SSSR count). The van der Waals surface area contributed by atoms with Gasteiger partial charge in [-0.25, -0.2) is 4.98 Å². The Morgan fingerprint density at radius 3 is 2.68 bits per heavy atom. The number of thioether (sulfide) groups is 1. The average molecular weight is 459 g/mol. The fourth-order valence-electron chi connectivity index (χ4n) is 3.02. The molecule has 0 aliphatic heterocycles. The van der Waals surface area contributed by atoms with E-state index < -0.39 is 0 Å². The summed E-state index contributed by atoms with van der Waals surface area (Å²) >= 11 is 7.24. The molecular weight excluding hydrogens is 436 g/mol. The molecule has 0 aliphatic rings. The molecule has 7 nitrogen and oxygen atoms in total. The Bertz CT molecular complexity index is 1190. The van der Waals surface area contributed by atoms with Crippen LogP contribution in [0.25, 0.3) is 10.9 Å². The number of hydrogen-bond acceptors (Lipinski definition) is 5. The van der Waals surface area contributed by atoms with Crippen LogP contribution in [0.1, 0.15) is 24.2 Å². The van der Waals surface area contributed by atoms with Crippen LogP contribution < -0.4 is 16.2 Å². The van der Waals surface area contributed by atoms with Gasteiger partial charge in [-0.1, -0.05) is 43.3 Å². The van der Waals surface area contributed by atoms with Crippen molar-refractivity contribution in [3.63, 3.8) is 0 Å². The van der Waals surface area contributed by atoms with Crippen LogP contribution in [0.4, 0.5) is 5.69 Å². The number of carbonyl (C=O) groups is 2. The van der Waals surface area contributed by atoms with E-state index in [9.17, 15) is 14.4 Å². The maximum Gasteiger partial charge on any atom is 0.262 e. The summed E-state index contributed by atoms with van der Waals surface area (Å²) in [6.45, 7) is 4.50. The van der Waals surface area contributed by atoms with Crippen LogP contribution in [0, 0.1) is 5.92 Å². The maximum absolute atomic E-state index is 13.0. The van der Waals surface area contributed by atoms with Crippen LogP contribution in [0.15, 0.2) is 52.4 Å². The smallest absolute Gasteiger partial charge is 0.262 e. The van der Waals surface area contributed by atoms with E-state index in [1.54, 1.807) is 54.1 Å². The Hall–Kier alpha value is -2.84. The monoisotopic (exact) mass is 458 g/mol. The summed E-state index contributed by atoms with van der Waals surface area (Å²) in [4.78, 5) is 41.9. The van der Waals surface area contributed by atoms with Crippen molar-refractivity contribution >= 4 is 51.8 Å². The predicted octanol–water partition coefficient (Wildman–Crippen LogP) is 3.80. The minimum atomic E-state index is -0.263. The molecule has 0 unspecified atom stereocenters. The van der Waals surface area contributed by atoms with Crippen LogP contribution in [0.5, 0.6) is 0 Å². The third-order valence-electron chi connectivity index (χ3n) is 4.40. The van der Waals surface area contributed by atoms with Gasteiger partial charge in [0.05, 0.1) is 16.7 Å². The number of aromatic nitrogens is 2. The molecule has 31 heavy (non-hydrogen) atoms. The summed E-state index contributed by atoms with van der Waals surface area (Å²) < 4.78 is 1.59. The van der Waals surface area contributed by atoms with E-state index in [1.807, 2.05) is 13.8 Å². The number of nitrogens with zero attached hydrogens (tertiary/aromatic N) is 2. The Balaban J connectivity index is 1.81. The third-order valence-corrected chi connectivity index (χ3v) is 5.61. The number of halogens is 1. The van der Waals surface area contributed by atoms with Gasteiger partial charge in [0, 0.05) is 29.9 Å². The van der Waals surface area contributed by atoms with Gasteiger partial charge in [-0.3, -0.25) is 19.0 Å². The van der Waals surface area contributed by atoms with Gasteiger partial charge in [-0.05, 0) is 42.3 Å². The van der Waals surface area contributed by atoms with Crippen LogP contribution in [-0.4, -0.2) is 34.2 Å². The first-order chi connectivity index (χ1) is 14.8. The minimum Gasteiger partial charge on any atom is -0.355 e. The van der Waals surface area contributed by atoms with E-state index >= 15 is 0 Å². The van der Waals surface area contributed by atoms with Crippen molar-refractivity contribution in [1.29, 1.82) is 0 Å². The van der Waals surface area contributed by atoms with Crippen LogP contribution >= 0.6 is 23.4 Å². The highest BCUT2D eigenvalue weighted by molar-refractivity contribution is 7.99. The van der Waals surface area contributed by atoms with E-state index in [2.05, 4.69) is 15.6 Å². The van der Waals surface area contributed by atoms with Crippen molar-refractivity contribution in [2.24, 2.45) is 5.92 Å². The molecular formula is C22H23ClN4O3S. The molecule has 2 amide bonds. The summed E-state index contributed by atoms with van der Waals surface area (Å²) in [5.74, 6) is -0.214. The fourth-order valence-corrected chi connectivity index (χ4v) is 4.00. The topological polar surface area (TPSA) is 93.1 Å². The lowest BCUT2D eigenvalue weighted by Gasteiger charge is -2.15. The maximum atomic E-state index is 13.0. The summed E-state index contributed by atoms with van der Waals surface area (Å²) in [7, 11) is 1.55. The van der Waals surface area contributed by atoms with E-state index in [1.165, 1.54) is 11.8 Å². The molecule has 0 radical (unpaired) electrons. The number of amides is 2. The molecule has 0 spiro atoms. The van der Waals surface area contributed by atoms with E-state index in [0.29, 0.717) is 38.9 Å². The molecule has 0 bridgehead atoms. The Labute approximate surface area is 189 Å². The first kappa shape index (κ1) is 22.8. The SMILES string of the molecule is CNC(=O)c1cccc(NC(=O)CSc2nc3ccc(Cl)cc3c(=O)n2CC(C)C)c1. The van der Waals surface area contributed by atoms with Crippen LogP contribution in [-0.2, 0) is 11.3 Å². The number of hydrogen-bond donors (Lipinski definition) is 2. The summed E-state index contributed by atoms with van der Waals surface area (Å²) in [6.07, 6.45) is 0. The molecule has 2 aromatic carbocycles. The predicted molar refractivity (Wildman–Crippen MR) is 125 cm³/mol.